The molecule has 2 aromatic carbocycles. The third-order valence-corrected chi connectivity index (χ3v) is 4.32. The number of aromatic hydroxyl groups is 1. The third-order valence-electron chi connectivity index (χ3n) is 4.32. The monoisotopic (exact) mass is 358 g/mol. The molecule has 2 aromatic heterocycles. The van der Waals surface area contributed by atoms with Crippen molar-refractivity contribution in [1.82, 2.24) is 15.0 Å². The van der Waals surface area contributed by atoms with Gasteiger partial charge in [-0.2, -0.15) is 0 Å². The van der Waals surface area contributed by atoms with Gasteiger partial charge in [-0.05, 0) is 35.9 Å². The molecule has 0 saturated carbocycles. The maximum absolute atomic E-state index is 9.81. The third kappa shape index (κ3) is 3.37. The lowest BCUT2D eigenvalue weighted by Gasteiger charge is -2.10. The maximum atomic E-state index is 9.81. The van der Waals surface area contributed by atoms with Gasteiger partial charge in [0, 0.05) is 12.0 Å². The lowest BCUT2D eigenvalue weighted by Crippen LogP contribution is -2.03. The molecule has 6 heteroatoms. The summed E-state index contributed by atoms with van der Waals surface area (Å²) in [6.07, 6.45) is 0.611. The van der Waals surface area contributed by atoms with Gasteiger partial charge in [-0.25, -0.2) is 15.0 Å². The van der Waals surface area contributed by atoms with E-state index in [4.69, 9.17) is 15.5 Å². The Bertz CT molecular complexity index is 1110. The van der Waals surface area contributed by atoms with Crippen LogP contribution >= 0.6 is 0 Å². The maximum Gasteiger partial charge on any atom is 0.220 e. The Morgan fingerprint density at radius 1 is 0.963 bits per heavy atom. The van der Waals surface area contributed by atoms with Gasteiger partial charge in [-0.1, -0.05) is 30.3 Å². The molecular weight excluding hydrogens is 340 g/mol. The van der Waals surface area contributed by atoms with Crippen molar-refractivity contribution in [1.29, 1.82) is 0 Å². The highest BCUT2D eigenvalue weighted by Crippen LogP contribution is 2.31. The molecule has 0 atom stereocenters. The Morgan fingerprint density at radius 2 is 1.78 bits per heavy atom. The van der Waals surface area contributed by atoms with E-state index in [1.165, 1.54) is 7.11 Å². The molecule has 2 heterocycles. The van der Waals surface area contributed by atoms with Crippen molar-refractivity contribution in [3.8, 4) is 22.8 Å². The Kier molecular flexibility index (Phi) is 4.30. The van der Waals surface area contributed by atoms with Gasteiger partial charge < -0.3 is 15.6 Å². The standard InChI is InChI=1S/C21H18N4O2/c1-27-19-12-14(7-10-18(19)26)15-8-9-16-20(23-15)17(25-21(22)24-16)11-13-5-3-2-4-6-13/h2-10,12,26H,11H2,1H3,(H2,22,24,25). The molecule has 0 radical (unpaired) electrons. The van der Waals surface area contributed by atoms with Gasteiger partial charge >= 0.3 is 0 Å². The van der Waals surface area contributed by atoms with E-state index in [1.807, 2.05) is 42.5 Å². The second-order valence-corrected chi connectivity index (χ2v) is 6.14. The Hall–Kier alpha value is -3.67. The first-order chi connectivity index (χ1) is 13.1. The fourth-order valence-electron chi connectivity index (χ4n) is 3.00. The minimum atomic E-state index is 0.0860. The normalized spacial score (nSPS) is 10.9. The Balaban J connectivity index is 1.83. The fraction of sp³-hybridized carbons (Fsp3) is 0.0952. The molecule has 27 heavy (non-hydrogen) atoms. The molecule has 0 fully saturated rings. The Labute approximate surface area is 156 Å². The zero-order valence-electron chi connectivity index (χ0n) is 14.8. The van der Waals surface area contributed by atoms with Crippen LogP contribution in [-0.4, -0.2) is 27.2 Å². The molecule has 0 aliphatic rings. The molecule has 0 bridgehead atoms. The van der Waals surface area contributed by atoms with Crippen LogP contribution in [0.2, 0.25) is 0 Å². The molecule has 6 nitrogen and oxygen atoms in total. The summed E-state index contributed by atoms with van der Waals surface area (Å²) < 4.78 is 5.19. The van der Waals surface area contributed by atoms with Crippen molar-refractivity contribution >= 4 is 17.0 Å². The number of fused-ring (bicyclic) bond motifs is 1. The number of hydrogen-bond acceptors (Lipinski definition) is 6. The number of rotatable bonds is 4. The number of nitrogens with zero attached hydrogens (tertiary/aromatic N) is 3. The first kappa shape index (κ1) is 16.8. The molecule has 4 aromatic rings. The van der Waals surface area contributed by atoms with Gasteiger partial charge in [-0.3, -0.25) is 0 Å². The number of pyridine rings is 1. The number of methoxy groups -OCH3 is 1. The molecule has 4 rings (SSSR count). The molecular formula is C21H18N4O2. The summed E-state index contributed by atoms with van der Waals surface area (Å²) in [6, 6.07) is 18.9. The molecule has 0 aliphatic carbocycles. The predicted octanol–water partition coefficient (Wildman–Crippen LogP) is 3.58. The van der Waals surface area contributed by atoms with Gasteiger partial charge in [0.15, 0.2) is 11.5 Å². The predicted molar refractivity (Wildman–Crippen MR) is 105 cm³/mol. The summed E-state index contributed by atoms with van der Waals surface area (Å²) in [5, 5.41) is 9.81. The molecule has 0 spiro atoms. The molecule has 3 N–H and O–H groups in total. The van der Waals surface area contributed by atoms with Crippen LogP contribution in [0.4, 0.5) is 5.95 Å². The molecule has 0 aliphatic heterocycles. The summed E-state index contributed by atoms with van der Waals surface area (Å²) in [7, 11) is 1.52. The van der Waals surface area contributed by atoms with Gasteiger partial charge in [0.2, 0.25) is 5.95 Å². The second-order valence-electron chi connectivity index (χ2n) is 6.14. The SMILES string of the molecule is COc1cc(-c2ccc3nc(N)nc(Cc4ccccc4)c3n2)ccc1O. The van der Waals surface area contributed by atoms with Gasteiger partial charge in [0.1, 0.15) is 5.52 Å². The van der Waals surface area contributed by atoms with Gasteiger partial charge in [-0.15, -0.1) is 0 Å². The van der Waals surface area contributed by atoms with E-state index in [0.29, 0.717) is 23.2 Å². The van der Waals surface area contributed by atoms with E-state index in [2.05, 4.69) is 9.97 Å². The smallest absolute Gasteiger partial charge is 0.220 e. The number of nitrogen functional groups attached to an aromatic ring is 1. The van der Waals surface area contributed by atoms with Crippen molar-refractivity contribution in [3.05, 3.63) is 71.9 Å². The lowest BCUT2D eigenvalue weighted by molar-refractivity contribution is 0.373. The number of nitrogens with two attached hydrogens (primary N) is 1. The van der Waals surface area contributed by atoms with Crippen molar-refractivity contribution in [3.63, 3.8) is 0 Å². The average molecular weight is 358 g/mol. The van der Waals surface area contributed by atoms with Gasteiger partial charge in [0.05, 0.1) is 24.0 Å². The van der Waals surface area contributed by atoms with E-state index in [0.717, 1.165) is 22.5 Å². The van der Waals surface area contributed by atoms with Crippen LogP contribution in [0.25, 0.3) is 22.3 Å². The zero-order valence-corrected chi connectivity index (χ0v) is 14.8. The van der Waals surface area contributed by atoms with Crippen LogP contribution in [0.1, 0.15) is 11.3 Å². The molecule has 0 unspecified atom stereocenters. The van der Waals surface area contributed by atoms with E-state index in [-0.39, 0.29) is 11.7 Å². The number of phenols is 1. The van der Waals surface area contributed by atoms with Crippen molar-refractivity contribution in [2.45, 2.75) is 6.42 Å². The molecule has 0 saturated heterocycles. The fourth-order valence-corrected chi connectivity index (χ4v) is 3.00. The van der Waals surface area contributed by atoms with Crippen LogP contribution in [0, 0.1) is 0 Å². The topological polar surface area (TPSA) is 94.2 Å². The van der Waals surface area contributed by atoms with Crippen LogP contribution in [0.5, 0.6) is 11.5 Å². The van der Waals surface area contributed by atoms with E-state index < -0.39 is 0 Å². The average Bonchev–Trinajstić information content (AvgIpc) is 2.69. The number of hydrogen-bond donors (Lipinski definition) is 2. The van der Waals surface area contributed by atoms with Gasteiger partial charge in [0.25, 0.3) is 0 Å². The summed E-state index contributed by atoms with van der Waals surface area (Å²) in [4.78, 5) is 13.5. The van der Waals surface area contributed by atoms with Crippen molar-refractivity contribution < 1.29 is 9.84 Å². The van der Waals surface area contributed by atoms with Crippen molar-refractivity contribution in [2.24, 2.45) is 0 Å². The minimum absolute atomic E-state index is 0.0860. The first-order valence-electron chi connectivity index (χ1n) is 8.48. The Morgan fingerprint density at radius 3 is 2.56 bits per heavy atom. The summed E-state index contributed by atoms with van der Waals surface area (Å²) in [5.74, 6) is 0.713. The summed E-state index contributed by atoms with van der Waals surface area (Å²) in [6.45, 7) is 0. The van der Waals surface area contributed by atoms with Crippen LogP contribution in [0.15, 0.2) is 60.7 Å². The lowest BCUT2D eigenvalue weighted by atomic mass is 10.1. The largest absolute Gasteiger partial charge is 0.504 e. The molecule has 134 valence electrons. The van der Waals surface area contributed by atoms with Crippen molar-refractivity contribution in [2.75, 3.05) is 12.8 Å². The number of benzene rings is 2. The summed E-state index contributed by atoms with van der Waals surface area (Å²) >= 11 is 0. The second kappa shape index (κ2) is 6.92. The highest BCUT2D eigenvalue weighted by Gasteiger charge is 2.12. The minimum Gasteiger partial charge on any atom is -0.504 e. The highest BCUT2D eigenvalue weighted by atomic mass is 16.5. The van der Waals surface area contributed by atoms with Crippen LogP contribution in [0.3, 0.4) is 0 Å². The van der Waals surface area contributed by atoms with E-state index in [1.54, 1.807) is 18.2 Å². The number of ether oxygens (including phenoxy) is 1. The first-order valence-corrected chi connectivity index (χ1v) is 8.48. The quantitative estimate of drug-likeness (QED) is 0.579. The number of anilines is 1. The van der Waals surface area contributed by atoms with E-state index >= 15 is 0 Å². The summed E-state index contributed by atoms with van der Waals surface area (Å²) in [5.41, 5.74) is 10.8. The van der Waals surface area contributed by atoms with Crippen LogP contribution < -0.4 is 10.5 Å². The van der Waals surface area contributed by atoms with Crippen LogP contribution in [-0.2, 0) is 6.42 Å². The van der Waals surface area contributed by atoms with E-state index in [9.17, 15) is 5.11 Å². The molecule has 0 amide bonds. The highest BCUT2D eigenvalue weighted by molar-refractivity contribution is 5.81. The zero-order chi connectivity index (χ0) is 18.8. The number of aromatic nitrogens is 3. The number of phenolic OH excluding ortho intramolecular Hbond substituents is 1.